The number of carbonyl (C=O) groups is 1. The molecule has 0 spiro atoms. The van der Waals surface area contributed by atoms with E-state index in [-0.39, 0.29) is 31.2 Å². The van der Waals surface area contributed by atoms with Crippen molar-refractivity contribution in [3.05, 3.63) is 82.2 Å². The Balaban J connectivity index is 1.60. The number of rotatable bonds is 8. The highest BCUT2D eigenvalue weighted by molar-refractivity contribution is 5.79. The van der Waals surface area contributed by atoms with Gasteiger partial charge in [-0.25, -0.2) is 4.68 Å². The van der Waals surface area contributed by atoms with Crippen LogP contribution in [0.15, 0.2) is 48.5 Å². The van der Waals surface area contributed by atoms with E-state index in [1.54, 1.807) is 38.1 Å². The molecule has 0 radical (unpaired) electrons. The third-order valence-electron chi connectivity index (χ3n) is 5.24. The molecule has 0 saturated carbocycles. The van der Waals surface area contributed by atoms with Crippen molar-refractivity contribution in [2.45, 2.75) is 45.8 Å². The molecule has 0 unspecified atom stereocenters. The molecule has 0 bridgehead atoms. The smallest absolute Gasteiger partial charge is 0.367 e. The first-order valence-electron chi connectivity index (χ1n) is 10.6. The van der Waals surface area contributed by atoms with Crippen LogP contribution in [-0.4, -0.2) is 28.5 Å². The van der Waals surface area contributed by atoms with Crippen molar-refractivity contribution >= 4 is 5.91 Å². The number of aryl methyl sites for hydroxylation is 1. The molecule has 1 aromatic heterocycles. The zero-order valence-electron chi connectivity index (χ0n) is 18.9. The van der Waals surface area contributed by atoms with Crippen LogP contribution in [0.2, 0.25) is 0 Å². The number of halogens is 6. The van der Waals surface area contributed by atoms with Crippen molar-refractivity contribution in [3.63, 3.8) is 0 Å². The molecule has 2 aromatic carbocycles. The molecule has 1 N–H and O–H groups in total. The first kappa shape index (κ1) is 26.3. The number of benzene rings is 2. The molecule has 5 nitrogen and oxygen atoms in total. The Kier molecular flexibility index (Phi) is 7.89. The van der Waals surface area contributed by atoms with Crippen LogP contribution in [0.4, 0.5) is 26.3 Å². The molecule has 0 atom stereocenters. The summed E-state index contributed by atoms with van der Waals surface area (Å²) < 4.78 is 81.6. The van der Waals surface area contributed by atoms with Crippen LogP contribution in [0.5, 0.6) is 0 Å². The molecule has 11 heteroatoms. The maximum absolute atomic E-state index is 13.1. The summed E-state index contributed by atoms with van der Waals surface area (Å²) >= 11 is 0. The van der Waals surface area contributed by atoms with Gasteiger partial charge in [-0.3, -0.25) is 4.79 Å². The van der Waals surface area contributed by atoms with Gasteiger partial charge in [-0.2, -0.15) is 31.4 Å². The third kappa shape index (κ3) is 7.32. The Labute approximate surface area is 197 Å². The second-order valence-electron chi connectivity index (χ2n) is 7.99. The highest BCUT2D eigenvalue weighted by Crippen LogP contribution is 2.31. The number of ether oxygens (including phenoxy) is 1. The van der Waals surface area contributed by atoms with Gasteiger partial charge in [-0.15, -0.1) is 0 Å². The number of hydrogen-bond acceptors (Lipinski definition) is 3. The molecule has 1 amide bonds. The van der Waals surface area contributed by atoms with Gasteiger partial charge in [-0.05, 0) is 43.2 Å². The molecule has 0 aliphatic rings. The number of nitrogens with one attached hydrogen (secondary N) is 1. The third-order valence-corrected chi connectivity index (χ3v) is 5.24. The summed E-state index contributed by atoms with van der Waals surface area (Å²) in [5, 5.41) is 7.07. The fourth-order valence-corrected chi connectivity index (χ4v) is 3.46. The fourth-order valence-electron chi connectivity index (χ4n) is 3.46. The van der Waals surface area contributed by atoms with E-state index in [0.29, 0.717) is 22.5 Å². The molecule has 35 heavy (non-hydrogen) atoms. The zero-order valence-corrected chi connectivity index (χ0v) is 18.9. The lowest BCUT2D eigenvalue weighted by molar-refractivity contribution is -0.176. The van der Waals surface area contributed by atoms with Gasteiger partial charge in [0.05, 0.1) is 30.0 Å². The number of nitrogens with zero attached hydrogens (tertiary/aromatic N) is 2. The summed E-state index contributed by atoms with van der Waals surface area (Å²) in [5.41, 5.74) is 2.45. The predicted molar refractivity (Wildman–Crippen MR) is 116 cm³/mol. The van der Waals surface area contributed by atoms with Crippen molar-refractivity contribution in [3.8, 4) is 5.69 Å². The second kappa shape index (κ2) is 10.5. The Hall–Kier alpha value is -3.34. The lowest BCUT2D eigenvalue weighted by Crippen LogP contribution is -2.25. The van der Waals surface area contributed by atoms with Gasteiger partial charge in [0, 0.05) is 17.8 Å². The highest BCUT2D eigenvalue weighted by atomic mass is 19.4. The van der Waals surface area contributed by atoms with Crippen LogP contribution in [0, 0.1) is 13.8 Å². The van der Waals surface area contributed by atoms with E-state index in [1.807, 2.05) is 0 Å². The Morgan fingerprint density at radius 1 is 1.00 bits per heavy atom. The minimum atomic E-state index is -4.48. The maximum Gasteiger partial charge on any atom is 0.416 e. The molecule has 0 aliphatic carbocycles. The molecular weight excluding hydrogens is 476 g/mol. The van der Waals surface area contributed by atoms with Crippen LogP contribution < -0.4 is 5.32 Å². The largest absolute Gasteiger partial charge is 0.416 e. The first-order valence-corrected chi connectivity index (χ1v) is 10.6. The quantitative estimate of drug-likeness (QED) is 0.420. The van der Waals surface area contributed by atoms with Crippen molar-refractivity contribution < 1.29 is 35.9 Å². The fraction of sp³-hybridized carbons (Fsp3) is 0.333. The summed E-state index contributed by atoms with van der Waals surface area (Å²) in [4.78, 5) is 12.5. The van der Waals surface area contributed by atoms with Crippen molar-refractivity contribution in [1.29, 1.82) is 0 Å². The minimum absolute atomic E-state index is 0.0139. The Morgan fingerprint density at radius 2 is 1.66 bits per heavy atom. The van der Waals surface area contributed by atoms with Gasteiger partial charge in [0.25, 0.3) is 0 Å². The lowest BCUT2D eigenvalue weighted by atomic mass is 10.1. The van der Waals surface area contributed by atoms with E-state index in [2.05, 4.69) is 15.2 Å². The number of carbonyl (C=O) groups excluding carboxylic acids is 1. The average molecular weight is 499 g/mol. The molecule has 3 aromatic rings. The van der Waals surface area contributed by atoms with E-state index in [1.165, 1.54) is 16.8 Å². The molecule has 3 rings (SSSR count). The molecule has 0 aliphatic heterocycles. The normalized spacial score (nSPS) is 12.1. The van der Waals surface area contributed by atoms with E-state index in [0.717, 1.165) is 17.7 Å². The SMILES string of the molecule is Cc1nn(-c2cccc(C(F)(F)F)c2)c(C)c1CC(=O)NCc1ccc(COCC(F)(F)F)cc1. The first-order chi connectivity index (χ1) is 16.3. The number of aromatic nitrogens is 2. The summed E-state index contributed by atoms with van der Waals surface area (Å²) in [6.45, 7) is 2.05. The summed E-state index contributed by atoms with van der Waals surface area (Å²) in [7, 11) is 0. The van der Waals surface area contributed by atoms with Crippen LogP contribution in [0.1, 0.15) is 33.6 Å². The van der Waals surface area contributed by atoms with Gasteiger partial charge >= 0.3 is 12.4 Å². The topological polar surface area (TPSA) is 56.2 Å². The molecule has 1 heterocycles. The average Bonchev–Trinajstić information content (AvgIpc) is 3.05. The minimum Gasteiger partial charge on any atom is -0.367 e. The highest BCUT2D eigenvalue weighted by Gasteiger charge is 2.31. The molecule has 0 saturated heterocycles. The predicted octanol–water partition coefficient (Wildman–Crippen LogP) is 5.45. The van der Waals surface area contributed by atoms with Crippen LogP contribution in [-0.2, 0) is 35.3 Å². The van der Waals surface area contributed by atoms with Gasteiger partial charge in [0.15, 0.2) is 0 Å². The Morgan fingerprint density at radius 3 is 2.29 bits per heavy atom. The number of alkyl halides is 6. The summed E-state index contributed by atoms with van der Waals surface area (Å²) in [5.74, 6) is -0.308. The van der Waals surface area contributed by atoms with Crippen LogP contribution in [0.25, 0.3) is 5.69 Å². The molecule has 0 fully saturated rings. The van der Waals surface area contributed by atoms with Gasteiger partial charge in [0.1, 0.15) is 6.61 Å². The van der Waals surface area contributed by atoms with Gasteiger partial charge in [0.2, 0.25) is 5.91 Å². The van der Waals surface area contributed by atoms with Crippen molar-refractivity contribution in [2.75, 3.05) is 6.61 Å². The van der Waals surface area contributed by atoms with E-state index in [4.69, 9.17) is 0 Å². The van der Waals surface area contributed by atoms with E-state index in [9.17, 15) is 31.1 Å². The maximum atomic E-state index is 13.1. The monoisotopic (exact) mass is 499 g/mol. The second-order valence-corrected chi connectivity index (χ2v) is 7.99. The van der Waals surface area contributed by atoms with Gasteiger partial charge < -0.3 is 10.1 Å². The molecule has 188 valence electrons. The number of amides is 1. The molecular formula is C24H23F6N3O2. The van der Waals surface area contributed by atoms with Crippen molar-refractivity contribution in [1.82, 2.24) is 15.1 Å². The summed E-state index contributed by atoms with van der Waals surface area (Å²) in [6, 6.07) is 11.4. The lowest BCUT2D eigenvalue weighted by Gasteiger charge is -2.10. The zero-order chi connectivity index (χ0) is 25.8. The van der Waals surface area contributed by atoms with E-state index < -0.39 is 24.5 Å². The van der Waals surface area contributed by atoms with Crippen molar-refractivity contribution in [2.24, 2.45) is 0 Å². The van der Waals surface area contributed by atoms with Crippen LogP contribution in [0.3, 0.4) is 0 Å². The standard InChI is InChI=1S/C24H23F6N3O2/c1-15-21(16(2)33(32-15)20-5-3-4-19(10-20)24(28,29)30)11-22(34)31-12-17-6-8-18(9-7-17)13-35-14-23(25,26)27/h3-10H,11-14H2,1-2H3,(H,31,34). The van der Waals surface area contributed by atoms with E-state index >= 15 is 0 Å². The summed E-state index contributed by atoms with van der Waals surface area (Å²) in [6.07, 6.45) is -8.88. The van der Waals surface area contributed by atoms with Gasteiger partial charge in [-0.1, -0.05) is 30.3 Å². The van der Waals surface area contributed by atoms with Crippen LogP contribution >= 0.6 is 0 Å². The number of hydrogen-bond donors (Lipinski definition) is 1. The Bertz CT molecular complexity index is 1170.